The molecule has 4 aromatic rings. The molecule has 0 unspecified atom stereocenters. The van der Waals surface area contributed by atoms with Gasteiger partial charge in [0.1, 0.15) is 12.9 Å². The number of H-pyrrole nitrogens is 1. The zero-order valence-electron chi connectivity index (χ0n) is 12.2. The minimum absolute atomic E-state index is 0.265. The summed E-state index contributed by atoms with van der Waals surface area (Å²) in [6.45, 7) is 0.265. The van der Waals surface area contributed by atoms with E-state index >= 15 is 0 Å². The molecule has 6 heteroatoms. The highest BCUT2D eigenvalue weighted by Gasteiger charge is 2.08. The molecule has 2 aromatic heterocycles. The number of hydrogen-bond donors (Lipinski definition) is 1. The zero-order chi connectivity index (χ0) is 15.5. The molecule has 23 heavy (non-hydrogen) atoms. The molecular formula is C17H13N5O. The molecule has 0 saturated carbocycles. The second kappa shape index (κ2) is 5.84. The van der Waals surface area contributed by atoms with E-state index < -0.39 is 0 Å². The van der Waals surface area contributed by atoms with Gasteiger partial charge in [-0.05, 0) is 12.1 Å². The van der Waals surface area contributed by atoms with E-state index in [4.69, 9.17) is 4.74 Å². The highest BCUT2D eigenvalue weighted by Crippen LogP contribution is 2.21. The van der Waals surface area contributed by atoms with Crippen LogP contribution in [0.3, 0.4) is 0 Å². The second-order valence-electron chi connectivity index (χ2n) is 4.96. The maximum Gasteiger partial charge on any atom is 0.224 e. The number of aromatic amines is 1. The minimum atomic E-state index is 0.265. The Bertz CT molecular complexity index is 931. The smallest absolute Gasteiger partial charge is 0.224 e. The number of hydrogen-bond acceptors (Lipinski definition) is 5. The van der Waals surface area contributed by atoms with Gasteiger partial charge in [-0.1, -0.05) is 42.5 Å². The standard InChI is InChI=1S/C17H13N5O/c1-2-6-12(7-3-1)16-20-15(21-22-16)10-23-17-13-8-4-5-9-14(13)18-11-19-17/h1-9,11H,10H2,(H,20,21,22). The third-order valence-corrected chi connectivity index (χ3v) is 3.42. The molecule has 0 amide bonds. The van der Waals surface area contributed by atoms with E-state index in [2.05, 4.69) is 25.1 Å². The number of rotatable bonds is 4. The van der Waals surface area contributed by atoms with Gasteiger partial charge in [0, 0.05) is 5.56 Å². The van der Waals surface area contributed by atoms with Crippen molar-refractivity contribution in [2.75, 3.05) is 0 Å². The zero-order valence-corrected chi connectivity index (χ0v) is 12.2. The summed E-state index contributed by atoms with van der Waals surface area (Å²) in [4.78, 5) is 12.8. The predicted molar refractivity (Wildman–Crippen MR) is 85.7 cm³/mol. The summed E-state index contributed by atoms with van der Waals surface area (Å²) < 4.78 is 5.77. The minimum Gasteiger partial charge on any atom is -0.469 e. The summed E-state index contributed by atoms with van der Waals surface area (Å²) in [6, 6.07) is 17.5. The molecule has 0 radical (unpaired) electrons. The summed E-state index contributed by atoms with van der Waals surface area (Å²) in [6.07, 6.45) is 1.49. The van der Waals surface area contributed by atoms with Crippen LogP contribution in [0.15, 0.2) is 60.9 Å². The van der Waals surface area contributed by atoms with Gasteiger partial charge in [0.15, 0.2) is 11.6 Å². The van der Waals surface area contributed by atoms with Gasteiger partial charge in [0.25, 0.3) is 0 Å². The van der Waals surface area contributed by atoms with Gasteiger partial charge in [-0.25, -0.2) is 15.0 Å². The quantitative estimate of drug-likeness (QED) is 0.627. The molecular weight excluding hydrogens is 290 g/mol. The van der Waals surface area contributed by atoms with E-state index in [1.165, 1.54) is 6.33 Å². The molecule has 0 bridgehead atoms. The monoisotopic (exact) mass is 303 g/mol. The lowest BCUT2D eigenvalue weighted by Crippen LogP contribution is -2.00. The molecule has 4 rings (SSSR count). The average molecular weight is 303 g/mol. The largest absolute Gasteiger partial charge is 0.469 e. The van der Waals surface area contributed by atoms with E-state index in [1.807, 2.05) is 54.6 Å². The van der Waals surface area contributed by atoms with Crippen LogP contribution in [-0.4, -0.2) is 25.1 Å². The van der Waals surface area contributed by atoms with Crippen molar-refractivity contribution >= 4 is 10.9 Å². The van der Waals surface area contributed by atoms with Crippen molar-refractivity contribution in [3.05, 3.63) is 66.7 Å². The molecule has 0 saturated heterocycles. The van der Waals surface area contributed by atoms with Crippen molar-refractivity contribution in [1.29, 1.82) is 0 Å². The van der Waals surface area contributed by atoms with Gasteiger partial charge >= 0.3 is 0 Å². The Morgan fingerprint density at radius 3 is 2.65 bits per heavy atom. The molecule has 2 heterocycles. The van der Waals surface area contributed by atoms with Crippen LogP contribution >= 0.6 is 0 Å². The van der Waals surface area contributed by atoms with Gasteiger partial charge in [0.05, 0.1) is 10.9 Å². The highest BCUT2D eigenvalue weighted by molar-refractivity contribution is 5.82. The Labute approximate surface area is 132 Å². The predicted octanol–water partition coefficient (Wildman–Crippen LogP) is 2.99. The third kappa shape index (κ3) is 2.74. The molecule has 0 spiro atoms. The van der Waals surface area contributed by atoms with Crippen LogP contribution in [-0.2, 0) is 6.61 Å². The normalized spacial score (nSPS) is 10.8. The van der Waals surface area contributed by atoms with E-state index in [1.54, 1.807) is 0 Å². The van der Waals surface area contributed by atoms with Crippen LogP contribution in [0.2, 0.25) is 0 Å². The third-order valence-electron chi connectivity index (χ3n) is 3.42. The number of benzene rings is 2. The van der Waals surface area contributed by atoms with Crippen LogP contribution in [0.4, 0.5) is 0 Å². The number of aromatic nitrogens is 5. The first kappa shape index (κ1) is 13.4. The number of nitrogens with zero attached hydrogens (tertiary/aromatic N) is 4. The summed E-state index contributed by atoms with van der Waals surface area (Å²) in [5.41, 5.74) is 1.81. The molecule has 2 aromatic carbocycles. The van der Waals surface area contributed by atoms with Crippen molar-refractivity contribution in [3.8, 4) is 17.3 Å². The number of nitrogens with one attached hydrogen (secondary N) is 1. The number of fused-ring (bicyclic) bond motifs is 1. The summed E-state index contributed by atoms with van der Waals surface area (Å²) in [5, 5.41) is 7.98. The topological polar surface area (TPSA) is 76.6 Å². The fourth-order valence-electron chi connectivity index (χ4n) is 2.31. The van der Waals surface area contributed by atoms with Crippen molar-refractivity contribution in [3.63, 3.8) is 0 Å². The second-order valence-corrected chi connectivity index (χ2v) is 4.96. The first-order valence-electron chi connectivity index (χ1n) is 7.19. The molecule has 0 fully saturated rings. The first-order chi connectivity index (χ1) is 11.4. The fraction of sp³-hybridized carbons (Fsp3) is 0.0588. The number of para-hydroxylation sites is 1. The first-order valence-corrected chi connectivity index (χ1v) is 7.19. The van der Waals surface area contributed by atoms with Gasteiger partial charge in [-0.15, -0.1) is 0 Å². The maximum atomic E-state index is 5.77. The Morgan fingerprint density at radius 1 is 0.913 bits per heavy atom. The lowest BCUT2D eigenvalue weighted by Gasteiger charge is -2.05. The van der Waals surface area contributed by atoms with Crippen molar-refractivity contribution in [2.45, 2.75) is 6.61 Å². The highest BCUT2D eigenvalue weighted by atomic mass is 16.5. The Morgan fingerprint density at radius 2 is 1.74 bits per heavy atom. The molecule has 112 valence electrons. The van der Waals surface area contributed by atoms with Crippen LogP contribution < -0.4 is 4.74 Å². The van der Waals surface area contributed by atoms with Crippen LogP contribution in [0.1, 0.15) is 5.82 Å². The molecule has 6 nitrogen and oxygen atoms in total. The van der Waals surface area contributed by atoms with Crippen molar-refractivity contribution < 1.29 is 4.74 Å². The van der Waals surface area contributed by atoms with Crippen molar-refractivity contribution in [1.82, 2.24) is 25.1 Å². The maximum absolute atomic E-state index is 5.77. The van der Waals surface area contributed by atoms with Crippen LogP contribution in [0.25, 0.3) is 22.3 Å². The molecule has 0 atom stereocenters. The van der Waals surface area contributed by atoms with Crippen LogP contribution in [0, 0.1) is 0 Å². The van der Waals surface area contributed by atoms with Crippen LogP contribution in [0.5, 0.6) is 5.88 Å². The summed E-state index contributed by atoms with van der Waals surface area (Å²) >= 11 is 0. The molecule has 0 aliphatic heterocycles. The van der Waals surface area contributed by atoms with Crippen molar-refractivity contribution in [2.24, 2.45) is 0 Å². The van der Waals surface area contributed by atoms with Gasteiger partial charge in [0.2, 0.25) is 5.88 Å². The lowest BCUT2D eigenvalue weighted by molar-refractivity contribution is 0.288. The van der Waals surface area contributed by atoms with E-state index in [0.717, 1.165) is 16.5 Å². The van der Waals surface area contributed by atoms with E-state index in [-0.39, 0.29) is 6.61 Å². The van der Waals surface area contributed by atoms with E-state index in [0.29, 0.717) is 17.5 Å². The van der Waals surface area contributed by atoms with E-state index in [9.17, 15) is 0 Å². The summed E-state index contributed by atoms with van der Waals surface area (Å²) in [5.74, 6) is 1.83. The fourth-order valence-corrected chi connectivity index (χ4v) is 2.31. The molecule has 0 aliphatic rings. The Kier molecular flexibility index (Phi) is 3.40. The summed E-state index contributed by atoms with van der Waals surface area (Å²) in [7, 11) is 0. The van der Waals surface area contributed by atoms with Gasteiger partial charge in [-0.3, -0.25) is 5.10 Å². The van der Waals surface area contributed by atoms with Gasteiger partial charge in [-0.2, -0.15) is 5.10 Å². The average Bonchev–Trinajstić information content (AvgIpc) is 3.10. The molecule has 0 aliphatic carbocycles. The Balaban J connectivity index is 1.54. The number of ether oxygens (including phenoxy) is 1. The SMILES string of the molecule is c1ccc(-c2n[nH]c(COc3ncnc4ccccc34)n2)cc1. The van der Waals surface area contributed by atoms with Gasteiger partial charge < -0.3 is 4.74 Å². The Hall–Kier alpha value is -3.28. The lowest BCUT2D eigenvalue weighted by atomic mass is 10.2. The molecule has 1 N–H and O–H groups in total.